The van der Waals surface area contributed by atoms with Gasteiger partial charge in [-0.05, 0) is 82.5 Å². The Morgan fingerprint density at radius 2 is 1.45 bits per heavy atom. The average molecular weight is 619 g/mol. The number of carbonyl (C=O) groups excluding carboxylic acids is 2. The molecular formula is C30H33N4O5Y-. The minimum Gasteiger partial charge on any atom is -0.482 e. The van der Waals surface area contributed by atoms with Crippen LogP contribution in [0.2, 0.25) is 0 Å². The Morgan fingerprint density at radius 1 is 0.875 bits per heavy atom. The first-order valence-corrected chi connectivity index (χ1v) is 12.7. The van der Waals surface area contributed by atoms with E-state index in [0.29, 0.717) is 11.4 Å². The van der Waals surface area contributed by atoms with Gasteiger partial charge in [0.05, 0.1) is 0 Å². The van der Waals surface area contributed by atoms with Gasteiger partial charge in [0, 0.05) is 38.9 Å². The van der Waals surface area contributed by atoms with Gasteiger partial charge in [0.15, 0.2) is 11.6 Å². The SMILES string of the molecule is CC(Oc1cc(-c2nc3ccccc3[n-]2)cnc1N(C(=O)OC(C)(C)C)C(=O)OC(C)(C)C)c1ccccc1.[Y]. The molecule has 2 aromatic heterocycles. The summed E-state index contributed by atoms with van der Waals surface area (Å²) in [5, 5.41) is 0. The second-order valence-electron chi connectivity index (χ2n) is 11.0. The summed E-state index contributed by atoms with van der Waals surface area (Å²) in [6.45, 7) is 12.1. The van der Waals surface area contributed by atoms with Gasteiger partial charge in [-0.25, -0.2) is 14.6 Å². The van der Waals surface area contributed by atoms with Crippen LogP contribution in [-0.2, 0) is 42.2 Å². The van der Waals surface area contributed by atoms with Gasteiger partial charge >= 0.3 is 12.2 Å². The second-order valence-corrected chi connectivity index (χ2v) is 11.0. The molecule has 40 heavy (non-hydrogen) atoms. The third-order valence-electron chi connectivity index (χ3n) is 5.36. The average Bonchev–Trinajstić information content (AvgIpc) is 3.28. The fraction of sp³-hybridized carbons (Fsp3) is 0.333. The van der Waals surface area contributed by atoms with Crippen LogP contribution in [-0.4, -0.2) is 33.4 Å². The van der Waals surface area contributed by atoms with Crippen LogP contribution in [0, 0.1) is 0 Å². The molecule has 0 saturated heterocycles. The maximum Gasteiger partial charge on any atom is 0.425 e. The summed E-state index contributed by atoms with van der Waals surface area (Å²) >= 11 is 0. The maximum absolute atomic E-state index is 13.3. The summed E-state index contributed by atoms with van der Waals surface area (Å²) in [6.07, 6.45) is -0.833. The van der Waals surface area contributed by atoms with Gasteiger partial charge in [0.2, 0.25) is 0 Å². The molecule has 0 aliphatic carbocycles. The number of ether oxygens (including phenoxy) is 3. The van der Waals surface area contributed by atoms with Crippen molar-refractivity contribution in [1.82, 2.24) is 15.0 Å². The Balaban J connectivity index is 0.00000441. The van der Waals surface area contributed by atoms with Gasteiger partial charge in [0.1, 0.15) is 17.3 Å². The van der Waals surface area contributed by atoms with E-state index >= 15 is 0 Å². The number of benzene rings is 2. The van der Waals surface area contributed by atoms with Crippen LogP contribution < -0.4 is 14.6 Å². The van der Waals surface area contributed by atoms with Gasteiger partial charge in [0.25, 0.3) is 0 Å². The number of hydrogen-bond donors (Lipinski definition) is 0. The van der Waals surface area contributed by atoms with Crippen molar-refractivity contribution < 1.29 is 56.5 Å². The Labute approximate surface area is 259 Å². The van der Waals surface area contributed by atoms with Crippen molar-refractivity contribution in [1.29, 1.82) is 0 Å². The number of anilines is 1. The van der Waals surface area contributed by atoms with Crippen molar-refractivity contribution in [2.24, 2.45) is 0 Å². The molecule has 2 aromatic carbocycles. The number of para-hydroxylation sites is 2. The van der Waals surface area contributed by atoms with Crippen molar-refractivity contribution in [2.45, 2.75) is 65.8 Å². The van der Waals surface area contributed by atoms with Crippen molar-refractivity contribution in [3.63, 3.8) is 0 Å². The van der Waals surface area contributed by atoms with Gasteiger partial charge in [-0.2, -0.15) is 4.90 Å². The number of pyridine rings is 1. The normalized spacial score (nSPS) is 12.3. The molecule has 2 amide bonds. The maximum atomic E-state index is 13.3. The smallest absolute Gasteiger partial charge is 0.425 e. The molecule has 10 heteroatoms. The minimum atomic E-state index is -0.940. The van der Waals surface area contributed by atoms with E-state index in [9.17, 15) is 9.59 Å². The molecule has 1 radical (unpaired) electrons. The summed E-state index contributed by atoms with van der Waals surface area (Å²) in [5.41, 5.74) is 1.17. The fourth-order valence-corrected chi connectivity index (χ4v) is 3.69. The van der Waals surface area contributed by atoms with Crippen LogP contribution in [0.25, 0.3) is 22.4 Å². The predicted octanol–water partition coefficient (Wildman–Crippen LogP) is 7.07. The number of amides is 2. The van der Waals surface area contributed by atoms with Crippen LogP contribution in [0.4, 0.5) is 15.4 Å². The summed E-state index contributed by atoms with van der Waals surface area (Å²) in [7, 11) is 0. The fourth-order valence-electron chi connectivity index (χ4n) is 3.69. The van der Waals surface area contributed by atoms with E-state index in [0.717, 1.165) is 21.5 Å². The number of rotatable bonds is 5. The molecule has 0 fully saturated rings. The van der Waals surface area contributed by atoms with Gasteiger partial charge in [-0.3, -0.25) is 0 Å². The molecule has 0 saturated carbocycles. The molecule has 207 valence electrons. The van der Waals surface area contributed by atoms with Gasteiger partial charge in [-0.15, -0.1) is 0 Å². The summed E-state index contributed by atoms with van der Waals surface area (Å²) in [5.74, 6) is 0.532. The monoisotopic (exact) mass is 618 g/mol. The zero-order valence-electron chi connectivity index (χ0n) is 23.8. The first kappa shape index (κ1) is 31.2. The van der Waals surface area contributed by atoms with Crippen molar-refractivity contribution >= 4 is 29.0 Å². The third-order valence-corrected chi connectivity index (χ3v) is 5.36. The number of hydrogen-bond acceptors (Lipinski definition) is 7. The molecule has 1 atom stereocenters. The zero-order valence-corrected chi connectivity index (χ0v) is 26.7. The molecule has 4 aromatic rings. The third kappa shape index (κ3) is 7.89. The van der Waals surface area contributed by atoms with E-state index in [1.54, 1.807) is 47.6 Å². The number of imidazole rings is 1. The van der Waals surface area contributed by atoms with Gasteiger partial charge < -0.3 is 24.2 Å². The standard InChI is InChI=1S/C30H33N4O5.Y/c1-19(20-13-9-8-10-14-20)37-24-17-21(25-32-22-15-11-12-16-23(22)33-25)18-31-26(24)34(27(35)38-29(2,3)4)28(36)39-30(5,6)7;/h8-19H,1-7H3;/q-1;. The second kappa shape index (κ2) is 12.5. The van der Waals surface area contributed by atoms with Crippen LogP contribution in [0.5, 0.6) is 5.75 Å². The Bertz CT molecular complexity index is 1410. The minimum absolute atomic E-state index is 0. The molecule has 2 heterocycles. The molecule has 1 unspecified atom stereocenters. The molecule has 0 aliphatic rings. The van der Waals surface area contributed by atoms with Crippen LogP contribution in [0.3, 0.4) is 0 Å². The predicted molar refractivity (Wildman–Crippen MR) is 149 cm³/mol. The zero-order chi connectivity index (χ0) is 28.4. The van der Waals surface area contributed by atoms with Crippen LogP contribution in [0.15, 0.2) is 66.9 Å². The summed E-state index contributed by atoms with van der Waals surface area (Å²) in [4.78, 5) is 41.2. The van der Waals surface area contributed by atoms with E-state index in [-0.39, 0.29) is 44.3 Å². The van der Waals surface area contributed by atoms with Gasteiger partial charge in [-0.1, -0.05) is 54.6 Å². The Kier molecular flexibility index (Phi) is 9.74. The van der Waals surface area contributed by atoms with E-state index in [1.165, 1.54) is 6.20 Å². The Hall–Kier alpha value is -3.30. The first-order valence-electron chi connectivity index (χ1n) is 12.7. The van der Waals surface area contributed by atoms with E-state index in [2.05, 4.69) is 15.0 Å². The molecule has 0 bridgehead atoms. The Morgan fingerprint density at radius 3 is 2.02 bits per heavy atom. The molecule has 4 rings (SSSR count). The number of nitrogens with zero attached hydrogens (tertiary/aromatic N) is 4. The van der Waals surface area contributed by atoms with Crippen molar-refractivity contribution in [2.75, 3.05) is 4.90 Å². The van der Waals surface area contributed by atoms with E-state index in [1.807, 2.05) is 61.5 Å². The molecular weight excluding hydrogens is 585 g/mol. The van der Waals surface area contributed by atoms with Crippen LogP contribution >= 0.6 is 0 Å². The largest absolute Gasteiger partial charge is 0.482 e. The van der Waals surface area contributed by atoms with Crippen LogP contribution in [0.1, 0.15) is 60.1 Å². The molecule has 0 aliphatic heterocycles. The molecule has 0 spiro atoms. The summed E-state index contributed by atoms with van der Waals surface area (Å²) in [6, 6.07) is 18.7. The molecule has 9 nitrogen and oxygen atoms in total. The quantitative estimate of drug-likeness (QED) is 0.234. The van der Waals surface area contributed by atoms with Crippen molar-refractivity contribution in [3.05, 3.63) is 72.4 Å². The number of aromatic nitrogens is 3. The summed E-state index contributed by atoms with van der Waals surface area (Å²) < 4.78 is 17.4. The topological polar surface area (TPSA) is 105 Å². The number of carbonyl (C=O) groups is 2. The van der Waals surface area contributed by atoms with E-state index in [4.69, 9.17) is 14.2 Å². The molecule has 0 N–H and O–H groups in total. The van der Waals surface area contributed by atoms with Crippen molar-refractivity contribution in [3.8, 4) is 17.1 Å². The number of fused-ring (bicyclic) bond motifs is 1. The first-order chi connectivity index (χ1) is 18.3. The van der Waals surface area contributed by atoms with E-state index < -0.39 is 29.5 Å². The number of imide groups is 1.